The Bertz CT molecular complexity index is 829. The Kier molecular flexibility index (Phi) is 6.17. The second kappa shape index (κ2) is 7.83. The molecular weight excluding hydrogens is 351 g/mol. The quantitative estimate of drug-likeness (QED) is 0.642. The zero-order valence-corrected chi connectivity index (χ0v) is 16.8. The number of hydrogen-bond acceptors (Lipinski definition) is 3. The van der Waals surface area contributed by atoms with Crippen molar-refractivity contribution in [1.29, 1.82) is 0 Å². The zero-order valence-electron chi connectivity index (χ0n) is 15.9. The first-order valence-electron chi connectivity index (χ1n) is 8.58. The van der Waals surface area contributed by atoms with E-state index >= 15 is 0 Å². The second-order valence-corrected chi connectivity index (χ2v) is 8.74. The summed E-state index contributed by atoms with van der Waals surface area (Å²) in [5, 5.41) is 10.2. The highest BCUT2D eigenvalue weighted by molar-refractivity contribution is 7.51. The van der Waals surface area contributed by atoms with Crippen molar-refractivity contribution in [1.82, 2.24) is 0 Å². The minimum absolute atomic E-state index is 0.235. The molecule has 0 saturated carbocycles. The van der Waals surface area contributed by atoms with Crippen LogP contribution in [0.2, 0.25) is 0 Å². The maximum atomic E-state index is 11.0. The smallest absolute Gasteiger partial charge is 0.362 e. The molecule has 0 radical (unpaired) electrons. The average Bonchev–Trinajstić information content (AvgIpc) is 2.51. The Balaban J connectivity index is 2.32. The third-order valence-corrected chi connectivity index (χ3v) is 4.93. The van der Waals surface area contributed by atoms with Gasteiger partial charge >= 0.3 is 7.60 Å². The summed E-state index contributed by atoms with van der Waals surface area (Å²) in [6, 6.07) is 7.64. The molecule has 0 spiro atoms. The summed E-state index contributed by atoms with van der Waals surface area (Å²) in [6.45, 7) is 9.94. The van der Waals surface area contributed by atoms with E-state index in [9.17, 15) is 9.67 Å². The van der Waals surface area contributed by atoms with Crippen LogP contribution in [0.3, 0.4) is 0 Å². The van der Waals surface area contributed by atoms with Crippen LogP contribution >= 0.6 is 7.60 Å². The first-order chi connectivity index (χ1) is 12.0. The van der Waals surface area contributed by atoms with Gasteiger partial charge in [0.25, 0.3) is 0 Å². The molecule has 3 N–H and O–H groups in total. The molecule has 26 heavy (non-hydrogen) atoms. The number of hydrogen-bond donors (Lipinski definition) is 3. The van der Waals surface area contributed by atoms with E-state index in [0.717, 1.165) is 39.8 Å². The summed E-state index contributed by atoms with van der Waals surface area (Å²) in [6.07, 6.45) is 0.0947. The van der Waals surface area contributed by atoms with Crippen molar-refractivity contribution in [2.75, 3.05) is 6.35 Å². The van der Waals surface area contributed by atoms with E-state index in [-0.39, 0.29) is 5.92 Å². The van der Waals surface area contributed by atoms with Crippen molar-refractivity contribution in [3.8, 4) is 11.5 Å². The summed E-state index contributed by atoms with van der Waals surface area (Å²) in [5.74, 6) is 1.05. The zero-order chi connectivity index (χ0) is 19.6. The predicted molar refractivity (Wildman–Crippen MR) is 103 cm³/mol. The van der Waals surface area contributed by atoms with Crippen molar-refractivity contribution in [2.45, 2.75) is 47.0 Å². The van der Waals surface area contributed by atoms with Crippen LogP contribution in [0.4, 0.5) is 0 Å². The minimum Gasteiger partial charge on any atom is -0.507 e. The van der Waals surface area contributed by atoms with Gasteiger partial charge in [0.05, 0.1) is 0 Å². The Morgan fingerprint density at radius 1 is 1.00 bits per heavy atom. The molecule has 0 unspecified atom stereocenters. The molecule has 0 aliphatic rings. The number of aromatic hydroxyl groups is 1. The lowest BCUT2D eigenvalue weighted by molar-refractivity contribution is 0.300. The molecule has 0 bridgehead atoms. The molecule has 2 aromatic rings. The van der Waals surface area contributed by atoms with E-state index in [1.54, 1.807) is 12.1 Å². The number of ether oxygens (including phenoxy) is 1. The van der Waals surface area contributed by atoms with Gasteiger partial charge in [-0.05, 0) is 78.6 Å². The fraction of sp³-hybridized carbons (Fsp3) is 0.400. The fourth-order valence-electron chi connectivity index (χ4n) is 3.10. The van der Waals surface area contributed by atoms with Gasteiger partial charge in [-0.15, -0.1) is 0 Å². The third-order valence-electron chi connectivity index (χ3n) is 4.46. The van der Waals surface area contributed by atoms with Crippen molar-refractivity contribution in [3.63, 3.8) is 0 Å². The largest absolute Gasteiger partial charge is 0.507 e. The lowest BCUT2D eigenvalue weighted by Crippen LogP contribution is -2.02. The van der Waals surface area contributed by atoms with Gasteiger partial charge in [0.2, 0.25) is 0 Å². The molecule has 5 nitrogen and oxygen atoms in total. The molecule has 6 heteroatoms. The van der Waals surface area contributed by atoms with Crippen LogP contribution in [0.15, 0.2) is 24.3 Å². The van der Waals surface area contributed by atoms with E-state index in [2.05, 4.69) is 13.8 Å². The molecule has 0 aromatic heterocycles. The normalized spacial score (nSPS) is 11.8. The van der Waals surface area contributed by atoms with Crippen LogP contribution in [0.25, 0.3) is 0 Å². The first kappa shape index (κ1) is 20.5. The standard InChI is InChI=1S/C20H27O5P/c1-12(2)18-9-16(6-15(5)20(18)21)10-19-13(3)7-17(8-14(19)4)25-11-26(22,23)24/h6-9,12,21H,10-11H2,1-5H3,(H2,22,23,24). The summed E-state index contributed by atoms with van der Waals surface area (Å²) in [5.41, 5.74) is 6.08. The van der Waals surface area contributed by atoms with Crippen LogP contribution in [0, 0.1) is 20.8 Å². The maximum absolute atomic E-state index is 11.0. The predicted octanol–water partition coefficient (Wildman–Crippen LogP) is 4.55. The van der Waals surface area contributed by atoms with Crippen LogP contribution in [0.5, 0.6) is 11.5 Å². The van der Waals surface area contributed by atoms with Gasteiger partial charge in [0.1, 0.15) is 11.5 Å². The molecule has 0 heterocycles. The molecule has 2 aromatic carbocycles. The molecule has 0 aliphatic heterocycles. The molecule has 0 fully saturated rings. The maximum Gasteiger partial charge on any atom is 0.362 e. The highest BCUT2D eigenvalue weighted by Gasteiger charge is 2.16. The number of phenols is 1. The summed E-state index contributed by atoms with van der Waals surface area (Å²) >= 11 is 0. The molecule has 2 rings (SSSR count). The Morgan fingerprint density at radius 3 is 2.08 bits per heavy atom. The Hall–Kier alpha value is -1.81. The Labute approximate surface area is 154 Å². The molecule has 0 atom stereocenters. The van der Waals surface area contributed by atoms with Crippen molar-refractivity contribution in [3.05, 3.63) is 57.6 Å². The van der Waals surface area contributed by atoms with Gasteiger partial charge in [-0.1, -0.05) is 26.0 Å². The van der Waals surface area contributed by atoms with E-state index < -0.39 is 13.9 Å². The highest BCUT2D eigenvalue weighted by atomic mass is 31.2. The first-order valence-corrected chi connectivity index (χ1v) is 10.4. The van der Waals surface area contributed by atoms with E-state index in [0.29, 0.717) is 11.5 Å². The fourth-order valence-corrected chi connectivity index (χ4v) is 3.42. The van der Waals surface area contributed by atoms with Crippen molar-refractivity contribution >= 4 is 7.60 Å². The SMILES string of the molecule is Cc1cc(Cc2c(C)cc(OCP(=O)(O)O)cc2C)cc(C(C)C)c1O. The monoisotopic (exact) mass is 378 g/mol. The molecular formula is C20H27O5P. The van der Waals surface area contributed by atoms with Gasteiger partial charge in [-0.2, -0.15) is 0 Å². The van der Waals surface area contributed by atoms with Crippen molar-refractivity contribution in [2.24, 2.45) is 0 Å². The highest BCUT2D eigenvalue weighted by Crippen LogP contribution is 2.36. The van der Waals surface area contributed by atoms with Gasteiger partial charge in [-0.25, -0.2) is 0 Å². The summed E-state index contributed by atoms with van der Waals surface area (Å²) in [4.78, 5) is 17.9. The lowest BCUT2D eigenvalue weighted by atomic mass is 9.91. The molecule has 0 aliphatic carbocycles. The number of benzene rings is 2. The van der Waals surface area contributed by atoms with Crippen LogP contribution in [-0.2, 0) is 11.0 Å². The number of aryl methyl sites for hydroxylation is 3. The molecule has 142 valence electrons. The second-order valence-electron chi connectivity index (χ2n) is 7.16. The van der Waals surface area contributed by atoms with Crippen LogP contribution < -0.4 is 4.74 Å². The summed E-state index contributed by atoms with van der Waals surface area (Å²) < 4.78 is 16.2. The van der Waals surface area contributed by atoms with Gasteiger partial charge in [0.15, 0.2) is 6.35 Å². The van der Waals surface area contributed by atoms with Gasteiger partial charge < -0.3 is 19.6 Å². The number of rotatable bonds is 6. The van der Waals surface area contributed by atoms with E-state index in [1.165, 1.54) is 0 Å². The van der Waals surface area contributed by atoms with Crippen LogP contribution in [0.1, 0.15) is 53.1 Å². The topological polar surface area (TPSA) is 87.0 Å². The van der Waals surface area contributed by atoms with E-state index in [1.807, 2.05) is 32.9 Å². The Morgan fingerprint density at radius 2 is 1.58 bits per heavy atom. The summed E-state index contributed by atoms with van der Waals surface area (Å²) in [7, 11) is -4.20. The molecule has 0 amide bonds. The lowest BCUT2D eigenvalue weighted by Gasteiger charge is -2.17. The van der Waals surface area contributed by atoms with Gasteiger partial charge in [-0.3, -0.25) is 4.57 Å². The van der Waals surface area contributed by atoms with Gasteiger partial charge in [0, 0.05) is 0 Å². The van der Waals surface area contributed by atoms with Crippen LogP contribution in [-0.4, -0.2) is 21.2 Å². The third kappa shape index (κ3) is 5.10. The molecule has 0 saturated heterocycles. The minimum atomic E-state index is -4.20. The number of phenolic OH excluding ortho intramolecular Hbond substituents is 1. The van der Waals surface area contributed by atoms with E-state index in [4.69, 9.17) is 14.5 Å². The van der Waals surface area contributed by atoms with Crippen molar-refractivity contribution < 1.29 is 24.2 Å². The average molecular weight is 378 g/mol.